The number of amides is 1. The van der Waals surface area contributed by atoms with Gasteiger partial charge in [-0.2, -0.15) is 11.8 Å². The van der Waals surface area contributed by atoms with Gasteiger partial charge in [0, 0.05) is 60.2 Å². The molecule has 0 bridgehead atoms. The molecule has 1 saturated heterocycles. The summed E-state index contributed by atoms with van der Waals surface area (Å²) in [6, 6.07) is 22.2. The van der Waals surface area contributed by atoms with Gasteiger partial charge in [0.25, 0.3) is 11.6 Å². The third-order valence-electron chi connectivity index (χ3n) is 6.00. The Kier molecular flexibility index (Phi) is 6.33. The minimum absolute atomic E-state index is 0.0550. The van der Waals surface area contributed by atoms with Crippen LogP contribution in [0.5, 0.6) is 0 Å². The number of hydrogen-bond donors (Lipinski definition) is 2. The highest BCUT2D eigenvalue weighted by molar-refractivity contribution is 7.99. The number of thioether (sulfide) groups is 1. The number of carbonyl (C=O) groups excluding carboxylic acids is 1. The first-order valence-corrected chi connectivity index (χ1v) is 12.3. The number of nitro groups is 1. The molecule has 3 aromatic carbocycles. The molecule has 0 saturated carbocycles. The highest BCUT2D eigenvalue weighted by Gasteiger charge is 2.30. The molecule has 0 aromatic heterocycles. The molecule has 8 heteroatoms. The third kappa shape index (κ3) is 4.69. The van der Waals surface area contributed by atoms with Gasteiger partial charge < -0.3 is 10.6 Å². The number of anilines is 2. The number of nitro benzene ring substituents is 1. The molecule has 3 aromatic rings. The lowest BCUT2D eigenvalue weighted by molar-refractivity contribution is -0.384. The second-order valence-electron chi connectivity index (χ2n) is 8.27. The summed E-state index contributed by atoms with van der Waals surface area (Å²) >= 11 is 2.00. The van der Waals surface area contributed by atoms with E-state index < -0.39 is 4.92 Å². The predicted molar refractivity (Wildman–Crippen MR) is 138 cm³/mol. The van der Waals surface area contributed by atoms with Crippen molar-refractivity contribution in [2.45, 2.75) is 6.54 Å². The van der Waals surface area contributed by atoms with Crippen LogP contribution in [0.15, 0.2) is 72.8 Å². The second-order valence-corrected chi connectivity index (χ2v) is 9.49. The van der Waals surface area contributed by atoms with Crippen molar-refractivity contribution in [2.75, 3.05) is 35.2 Å². The smallest absolute Gasteiger partial charge is 0.270 e. The van der Waals surface area contributed by atoms with Gasteiger partial charge in [0.2, 0.25) is 0 Å². The van der Waals surface area contributed by atoms with E-state index in [0.717, 1.165) is 30.9 Å². The first-order valence-electron chi connectivity index (χ1n) is 11.1. The molecule has 7 nitrogen and oxygen atoms in total. The van der Waals surface area contributed by atoms with E-state index in [1.54, 1.807) is 6.07 Å². The van der Waals surface area contributed by atoms with Gasteiger partial charge in [0.05, 0.1) is 16.2 Å². The molecule has 0 atom stereocenters. The summed E-state index contributed by atoms with van der Waals surface area (Å²) in [4.78, 5) is 26.4. The Balaban J connectivity index is 1.50. The van der Waals surface area contributed by atoms with E-state index >= 15 is 0 Å². The molecule has 2 heterocycles. The van der Waals surface area contributed by atoms with E-state index in [2.05, 4.69) is 27.7 Å². The fourth-order valence-corrected chi connectivity index (χ4v) is 5.23. The maximum absolute atomic E-state index is 13.0. The van der Waals surface area contributed by atoms with Crippen LogP contribution in [0.25, 0.3) is 11.3 Å². The minimum atomic E-state index is -0.448. The maximum atomic E-state index is 13.0. The quantitative estimate of drug-likeness (QED) is 0.296. The number of rotatable bonds is 6. The normalized spacial score (nSPS) is 17.1. The van der Waals surface area contributed by atoms with Gasteiger partial charge in [-0.05, 0) is 29.3 Å². The second kappa shape index (κ2) is 9.70. The molecular weight excluding hydrogens is 448 g/mol. The first-order chi connectivity index (χ1) is 16.6. The lowest BCUT2D eigenvalue weighted by Gasteiger charge is -2.26. The van der Waals surface area contributed by atoms with E-state index in [1.807, 2.05) is 54.2 Å². The Bertz CT molecular complexity index is 1250. The Labute approximate surface area is 202 Å². The number of nitrogens with one attached hydrogen (secondary N) is 2. The lowest BCUT2D eigenvalue weighted by Crippen LogP contribution is -2.31. The van der Waals surface area contributed by atoms with Crippen LogP contribution < -0.4 is 10.6 Å². The minimum Gasteiger partial charge on any atom is -0.354 e. The van der Waals surface area contributed by atoms with Gasteiger partial charge in [0.1, 0.15) is 0 Å². The molecule has 172 valence electrons. The third-order valence-corrected chi connectivity index (χ3v) is 6.95. The standard InChI is InChI=1S/C26H24N4O3S/c31-26-24(22-16-21(30(32)33)10-11-23(22)28-26)25(19-4-2-1-3-5-19)27-20-8-6-18(7-9-20)17-29-12-14-34-15-13-29/h1-11,16,27H,12-15,17H2,(H,28,31)/b25-24-. The Morgan fingerprint density at radius 3 is 2.47 bits per heavy atom. The van der Waals surface area contributed by atoms with Crippen molar-refractivity contribution in [3.63, 3.8) is 0 Å². The van der Waals surface area contributed by atoms with Crippen LogP contribution in [0.1, 0.15) is 16.7 Å². The van der Waals surface area contributed by atoms with E-state index in [0.29, 0.717) is 22.5 Å². The zero-order valence-corrected chi connectivity index (χ0v) is 19.3. The number of hydrogen-bond acceptors (Lipinski definition) is 6. The zero-order chi connectivity index (χ0) is 23.5. The molecule has 2 N–H and O–H groups in total. The molecule has 0 radical (unpaired) electrons. The topological polar surface area (TPSA) is 87.5 Å². The van der Waals surface area contributed by atoms with E-state index in [1.165, 1.54) is 29.2 Å². The highest BCUT2D eigenvalue weighted by Crippen LogP contribution is 2.39. The van der Waals surface area contributed by atoms with Crippen molar-refractivity contribution in [3.05, 3.63) is 99.6 Å². The summed E-state index contributed by atoms with van der Waals surface area (Å²) in [6.45, 7) is 3.14. The van der Waals surface area contributed by atoms with E-state index in [9.17, 15) is 14.9 Å². The van der Waals surface area contributed by atoms with Crippen LogP contribution in [0.3, 0.4) is 0 Å². The van der Waals surface area contributed by atoms with Crippen molar-refractivity contribution in [3.8, 4) is 0 Å². The number of non-ortho nitro benzene ring substituents is 1. The first kappa shape index (κ1) is 22.2. The Morgan fingerprint density at radius 2 is 1.76 bits per heavy atom. The summed E-state index contributed by atoms with van der Waals surface area (Å²) in [5, 5.41) is 17.6. The largest absolute Gasteiger partial charge is 0.354 e. The van der Waals surface area contributed by atoms with Gasteiger partial charge in [-0.3, -0.25) is 19.8 Å². The summed E-state index contributed by atoms with van der Waals surface area (Å²) < 4.78 is 0. The van der Waals surface area contributed by atoms with Gasteiger partial charge >= 0.3 is 0 Å². The van der Waals surface area contributed by atoms with Crippen LogP contribution >= 0.6 is 11.8 Å². The summed E-state index contributed by atoms with van der Waals surface area (Å²) in [5.74, 6) is 2.06. The van der Waals surface area contributed by atoms with Crippen molar-refractivity contribution in [2.24, 2.45) is 0 Å². The number of fused-ring (bicyclic) bond motifs is 1. The summed E-state index contributed by atoms with van der Waals surface area (Å²) in [6.07, 6.45) is 0. The van der Waals surface area contributed by atoms with Crippen molar-refractivity contribution >= 4 is 46.0 Å². The summed E-state index contributed by atoms with van der Waals surface area (Å²) in [5.41, 5.74) is 4.93. The maximum Gasteiger partial charge on any atom is 0.270 e. The molecule has 2 aliphatic rings. The summed E-state index contributed by atoms with van der Waals surface area (Å²) in [7, 11) is 0. The SMILES string of the molecule is O=C1Nc2ccc([N+](=O)[O-])cc2/C1=C(/Nc1ccc(CN2CCSCC2)cc1)c1ccccc1. The van der Waals surface area contributed by atoms with Gasteiger partial charge in [-0.15, -0.1) is 0 Å². The molecule has 0 spiro atoms. The Morgan fingerprint density at radius 1 is 1.03 bits per heavy atom. The average Bonchev–Trinajstić information content (AvgIpc) is 3.19. The van der Waals surface area contributed by atoms with Gasteiger partial charge in [-0.1, -0.05) is 42.5 Å². The molecule has 0 unspecified atom stereocenters. The van der Waals surface area contributed by atoms with E-state index in [-0.39, 0.29) is 11.6 Å². The van der Waals surface area contributed by atoms with Crippen LogP contribution in [0, 0.1) is 10.1 Å². The van der Waals surface area contributed by atoms with Crippen LogP contribution in [0.2, 0.25) is 0 Å². The highest BCUT2D eigenvalue weighted by atomic mass is 32.2. The van der Waals surface area contributed by atoms with Crippen molar-refractivity contribution < 1.29 is 9.72 Å². The number of benzene rings is 3. The predicted octanol–water partition coefficient (Wildman–Crippen LogP) is 5.08. The van der Waals surface area contributed by atoms with Crippen molar-refractivity contribution in [1.82, 2.24) is 4.90 Å². The molecule has 0 aliphatic carbocycles. The molecular formula is C26H24N4O3S. The zero-order valence-electron chi connectivity index (χ0n) is 18.5. The number of nitrogens with zero attached hydrogens (tertiary/aromatic N) is 2. The van der Waals surface area contributed by atoms with Gasteiger partial charge in [0.15, 0.2) is 0 Å². The fraction of sp³-hybridized carbons (Fsp3) is 0.192. The fourth-order valence-electron chi connectivity index (χ4n) is 4.26. The van der Waals surface area contributed by atoms with Gasteiger partial charge in [-0.25, -0.2) is 0 Å². The lowest BCUT2D eigenvalue weighted by atomic mass is 9.99. The van der Waals surface area contributed by atoms with Crippen molar-refractivity contribution in [1.29, 1.82) is 0 Å². The van der Waals surface area contributed by atoms with E-state index in [4.69, 9.17) is 0 Å². The average molecular weight is 473 g/mol. The molecule has 1 amide bonds. The number of carbonyl (C=O) groups is 1. The monoisotopic (exact) mass is 472 g/mol. The molecule has 5 rings (SSSR count). The molecule has 34 heavy (non-hydrogen) atoms. The molecule has 2 aliphatic heterocycles. The molecule has 1 fully saturated rings. The Hall–Kier alpha value is -3.62. The van der Waals surface area contributed by atoms with Crippen LogP contribution in [-0.2, 0) is 11.3 Å². The van der Waals surface area contributed by atoms with Crippen LogP contribution in [-0.4, -0.2) is 40.3 Å². The van der Waals surface area contributed by atoms with Crippen LogP contribution in [0.4, 0.5) is 17.1 Å².